The van der Waals surface area contributed by atoms with Crippen LogP contribution >= 0.6 is 11.8 Å². The highest BCUT2D eigenvalue weighted by atomic mass is 32.2. The Bertz CT molecular complexity index is 923. The Morgan fingerprint density at radius 3 is 2.58 bits per heavy atom. The van der Waals surface area contributed by atoms with Crippen LogP contribution in [0, 0.1) is 17.8 Å². The fraction of sp³-hybridized carbons (Fsp3) is 0.625. The van der Waals surface area contributed by atoms with Gasteiger partial charge in [0.15, 0.2) is 0 Å². The van der Waals surface area contributed by atoms with E-state index >= 15 is 0 Å². The number of β-amino-alcohol motifs (C(OH)–C–C–N with tert-alkyl or cyclic N) is 1. The highest BCUT2D eigenvalue weighted by Crippen LogP contribution is 2.68. The number of thioether (sulfide) groups is 1. The average molecular weight is 476 g/mol. The highest BCUT2D eigenvalue weighted by Gasteiger charge is 2.75. The molecule has 0 aliphatic carbocycles. The zero-order valence-corrected chi connectivity index (χ0v) is 20.4. The minimum Gasteiger partial charge on any atom is -0.494 e. The van der Waals surface area contributed by atoms with Crippen molar-refractivity contribution >= 4 is 35.2 Å². The van der Waals surface area contributed by atoms with Gasteiger partial charge in [0.1, 0.15) is 11.8 Å². The molecule has 0 aromatic heterocycles. The van der Waals surface area contributed by atoms with Crippen LogP contribution in [-0.4, -0.2) is 69.6 Å². The molecule has 8 nitrogen and oxygen atoms in total. The van der Waals surface area contributed by atoms with Gasteiger partial charge >= 0.3 is 0 Å². The van der Waals surface area contributed by atoms with Gasteiger partial charge in [-0.15, -0.1) is 11.8 Å². The van der Waals surface area contributed by atoms with Crippen LogP contribution in [0.15, 0.2) is 24.3 Å². The van der Waals surface area contributed by atoms with E-state index in [4.69, 9.17) is 4.74 Å². The summed E-state index contributed by atoms with van der Waals surface area (Å²) >= 11 is 1.62. The lowest BCUT2D eigenvalue weighted by Crippen LogP contribution is -2.57. The first-order valence-electron chi connectivity index (χ1n) is 11.7. The molecule has 3 aliphatic rings. The van der Waals surface area contributed by atoms with Crippen LogP contribution in [0.5, 0.6) is 5.75 Å². The second-order valence-electron chi connectivity index (χ2n) is 9.42. The van der Waals surface area contributed by atoms with Crippen molar-refractivity contribution in [1.29, 1.82) is 0 Å². The van der Waals surface area contributed by atoms with Gasteiger partial charge < -0.3 is 25.4 Å². The smallest absolute Gasteiger partial charge is 0.244 e. The number of rotatable bonds is 8. The van der Waals surface area contributed by atoms with Gasteiger partial charge in [-0.25, -0.2) is 0 Å². The summed E-state index contributed by atoms with van der Waals surface area (Å²) in [6.07, 6.45) is 0.772. The lowest BCUT2D eigenvalue weighted by molar-refractivity contribution is -0.139. The number of aliphatic hydroxyl groups excluding tert-OH is 1. The van der Waals surface area contributed by atoms with Gasteiger partial charge in [0, 0.05) is 23.5 Å². The molecule has 1 aromatic rings. The van der Waals surface area contributed by atoms with Crippen molar-refractivity contribution in [2.45, 2.75) is 56.2 Å². The number of anilines is 1. The van der Waals surface area contributed by atoms with Crippen LogP contribution < -0.4 is 15.4 Å². The Balaban J connectivity index is 1.63. The van der Waals surface area contributed by atoms with Crippen LogP contribution in [0.1, 0.15) is 34.1 Å². The molecule has 0 radical (unpaired) electrons. The standard InChI is InChI=1S/C24H33N3O5S/c1-5-32-16-8-6-15(7-9-16)26-21(29)18-17-12-14(4)24(33-17)19(18)23(31)27(10-11-28)20(24)22(30)25-13(2)3/h6-9,13-14,17-20,28H,5,10-12H2,1-4H3,(H,25,30)(H,26,29)/t14?,17-,18+,19+,20?,24?/m1/s1. The molecule has 1 aromatic carbocycles. The van der Waals surface area contributed by atoms with Crippen LogP contribution in [-0.2, 0) is 14.4 Å². The van der Waals surface area contributed by atoms with Gasteiger partial charge in [0.2, 0.25) is 17.7 Å². The van der Waals surface area contributed by atoms with Crippen molar-refractivity contribution in [1.82, 2.24) is 10.2 Å². The molecule has 3 heterocycles. The topological polar surface area (TPSA) is 108 Å². The fourth-order valence-electron chi connectivity index (χ4n) is 5.86. The summed E-state index contributed by atoms with van der Waals surface area (Å²) in [6, 6.07) is 6.40. The summed E-state index contributed by atoms with van der Waals surface area (Å²) < 4.78 is 4.79. The van der Waals surface area contributed by atoms with E-state index in [1.165, 1.54) is 4.90 Å². The monoisotopic (exact) mass is 475 g/mol. The predicted molar refractivity (Wildman–Crippen MR) is 127 cm³/mol. The fourth-order valence-corrected chi connectivity index (χ4v) is 8.28. The van der Waals surface area contributed by atoms with Crippen molar-refractivity contribution < 1.29 is 24.2 Å². The molecule has 0 saturated carbocycles. The Labute approximate surface area is 198 Å². The summed E-state index contributed by atoms with van der Waals surface area (Å²) in [4.78, 5) is 41.9. The minimum atomic E-state index is -0.696. The maximum atomic E-state index is 13.6. The van der Waals surface area contributed by atoms with E-state index in [1.54, 1.807) is 36.0 Å². The summed E-state index contributed by atoms with van der Waals surface area (Å²) in [5.41, 5.74) is 0.644. The van der Waals surface area contributed by atoms with Gasteiger partial charge in [0.05, 0.1) is 29.8 Å². The SMILES string of the molecule is CCOc1ccc(NC(=O)[C@@H]2[C@H]3C(=O)N(CCO)C(C(=O)NC(C)C)C34S[C@@H]2CC4C)cc1. The number of hydrogen-bond donors (Lipinski definition) is 3. The number of carbonyl (C=O) groups excluding carboxylic acids is 3. The van der Waals surface area contributed by atoms with E-state index in [1.807, 2.05) is 20.8 Å². The van der Waals surface area contributed by atoms with Gasteiger partial charge in [0.25, 0.3) is 0 Å². The molecule has 3 fully saturated rings. The number of ether oxygens (including phenoxy) is 1. The van der Waals surface area contributed by atoms with Gasteiger partial charge in [-0.1, -0.05) is 6.92 Å². The maximum Gasteiger partial charge on any atom is 0.244 e. The Morgan fingerprint density at radius 1 is 1.27 bits per heavy atom. The Morgan fingerprint density at radius 2 is 1.97 bits per heavy atom. The molecule has 3 amide bonds. The molecule has 3 aliphatic heterocycles. The molecular weight excluding hydrogens is 442 g/mol. The minimum absolute atomic E-state index is 0.0257. The molecule has 33 heavy (non-hydrogen) atoms. The first kappa shape index (κ1) is 23.9. The predicted octanol–water partition coefficient (Wildman–Crippen LogP) is 1.88. The van der Waals surface area contributed by atoms with Crippen molar-refractivity contribution in [2.24, 2.45) is 17.8 Å². The third-order valence-electron chi connectivity index (χ3n) is 7.00. The van der Waals surface area contributed by atoms with Crippen molar-refractivity contribution in [3.63, 3.8) is 0 Å². The number of carbonyl (C=O) groups is 3. The number of amides is 3. The first-order valence-corrected chi connectivity index (χ1v) is 12.6. The summed E-state index contributed by atoms with van der Waals surface area (Å²) in [7, 11) is 0. The quantitative estimate of drug-likeness (QED) is 0.530. The van der Waals surface area contributed by atoms with Gasteiger partial charge in [-0.3, -0.25) is 14.4 Å². The van der Waals surface area contributed by atoms with Crippen molar-refractivity contribution in [2.75, 3.05) is 25.1 Å². The third-order valence-corrected chi connectivity index (χ3v) is 9.08. The van der Waals surface area contributed by atoms with E-state index < -0.39 is 22.6 Å². The van der Waals surface area contributed by atoms with Crippen molar-refractivity contribution in [3.8, 4) is 5.75 Å². The van der Waals surface area contributed by atoms with Crippen LogP contribution in [0.4, 0.5) is 5.69 Å². The van der Waals surface area contributed by atoms with E-state index in [0.717, 1.165) is 12.2 Å². The average Bonchev–Trinajstić information content (AvgIpc) is 3.34. The lowest BCUT2D eigenvalue weighted by Gasteiger charge is -2.38. The Kier molecular flexibility index (Phi) is 6.64. The number of hydrogen-bond acceptors (Lipinski definition) is 6. The zero-order chi connectivity index (χ0) is 23.9. The summed E-state index contributed by atoms with van der Waals surface area (Å²) in [5.74, 6) is -0.899. The molecule has 3 unspecified atom stereocenters. The van der Waals surface area contributed by atoms with E-state index in [-0.39, 0.29) is 48.1 Å². The van der Waals surface area contributed by atoms with Gasteiger partial charge in [-0.2, -0.15) is 0 Å². The second kappa shape index (κ2) is 9.18. The molecule has 2 bridgehead atoms. The molecular formula is C24H33N3O5S. The van der Waals surface area contributed by atoms with Crippen LogP contribution in [0.2, 0.25) is 0 Å². The number of benzene rings is 1. The van der Waals surface area contributed by atoms with E-state index in [2.05, 4.69) is 17.6 Å². The maximum absolute atomic E-state index is 13.6. The number of nitrogens with zero attached hydrogens (tertiary/aromatic N) is 1. The summed E-state index contributed by atoms with van der Waals surface area (Å²) in [6.45, 7) is 8.17. The van der Waals surface area contributed by atoms with Gasteiger partial charge in [-0.05, 0) is 57.4 Å². The van der Waals surface area contributed by atoms with E-state index in [0.29, 0.717) is 12.3 Å². The first-order chi connectivity index (χ1) is 15.7. The Hall–Kier alpha value is -2.26. The summed E-state index contributed by atoms with van der Waals surface area (Å²) in [5, 5.41) is 15.5. The number of fused-ring (bicyclic) bond motifs is 1. The second-order valence-corrected chi connectivity index (χ2v) is 11.0. The normalized spacial score (nSPS) is 32.2. The van der Waals surface area contributed by atoms with Crippen LogP contribution in [0.3, 0.4) is 0 Å². The molecule has 1 spiro atoms. The molecule has 3 N–H and O–H groups in total. The van der Waals surface area contributed by atoms with Crippen molar-refractivity contribution in [3.05, 3.63) is 24.3 Å². The van der Waals surface area contributed by atoms with E-state index in [9.17, 15) is 19.5 Å². The molecule has 4 rings (SSSR count). The molecule has 3 saturated heterocycles. The van der Waals surface area contributed by atoms with Crippen LogP contribution in [0.25, 0.3) is 0 Å². The zero-order valence-electron chi connectivity index (χ0n) is 19.5. The third kappa shape index (κ3) is 3.89. The number of nitrogens with one attached hydrogen (secondary N) is 2. The largest absolute Gasteiger partial charge is 0.494 e. The molecule has 9 heteroatoms. The number of likely N-dealkylation sites (tertiary alicyclic amines) is 1. The highest BCUT2D eigenvalue weighted by molar-refractivity contribution is 8.02. The lowest BCUT2D eigenvalue weighted by atomic mass is 9.66. The number of aliphatic hydroxyl groups is 1. The molecule has 180 valence electrons. The molecule has 6 atom stereocenters.